The van der Waals surface area contributed by atoms with Crippen LogP contribution in [0.15, 0.2) is 48.7 Å². The lowest BCUT2D eigenvalue weighted by molar-refractivity contribution is 0.0905. The maximum absolute atomic E-state index is 13.2. The van der Waals surface area contributed by atoms with Gasteiger partial charge in [-0.15, -0.1) is 0 Å². The van der Waals surface area contributed by atoms with Crippen LogP contribution in [-0.2, 0) is 0 Å². The summed E-state index contributed by atoms with van der Waals surface area (Å²) >= 11 is 5.93. The number of ketones is 1. The van der Waals surface area contributed by atoms with Crippen molar-refractivity contribution in [2.45, 2.75) is 26.8 Å². The Hall–Kier alpha value is -2.59. The first-order chi connectivity index (χ1) is 12.3. The predicted molar refractivity (Wildman–Crippen MR) is 103 cm³/mol. The van der Waals surface area contributed by atoms with Crippen LogP contribution in [0.25, 0.3) is 0 Å². The molecule has 5 heteroatoms. The molecule has 4 nitrogen and oxygen atoms in total. The van der Waals surface area contributed by atoms with Crippen molar-refractivity contribution in [3.05, 3.63) is 81.5 Å². The van der Waals surface area contributed by atoms with E-state index in [1.54, 1.807) is 24.3 Å². The zero-order chi connectivity index (χ0) is 19.0. The molecule has 1 aliphatic heterocycles. The van der Waals surface area contributed by atoms with Crippen molar-refractivity contribution < 1.29 is 9.59 Å². The number of aryl methyl sites for hydroxylation is 3. The fourth-order valence-electron chi connectivity index (χ4n) is 3.71. The van der Waals surface area contributed by atoms with E-state index in [4.69, 9.17) is 11.6 Å². The van der Waals surface area contributed by atoms with E-state index < -0.39 is 12.0 Å². The molecule has 26 heavy (non-hydrogen) atoms. The fourth-order valence-corrected chi connectivity index (χ4v) is 3.84. The van der Waals surface area contributed by atoms with E-state index in [1.165, 1.54) is 0 Å². The number of Topliss-reactive ketones (excluding diaryl/α,β-unsaturated/α-hetero) is 1. The predicted octanol–water partition coefficient (Wildman–Crippen LogP) is 4.63. The van der Waals surface area contributed by atoms with Crippen LogP contribution in [0.5, 0.6) is 0 Å². The Bertz CT molecular complexity index is 880. The molecule has 0 spiro atoms. The smallest absolute Gasteiger partial charge is 0.319 e. The summed E-state index contributed by atoms with van der Waals surface area (Å²) < 4.78 is 0. The molecular formula is C21H21ClN2O2. The molecule has 2 aromatic carbocycles. The number of hydrogen-bond donors (Lipinski definition) is 2. The van der Waals surface area contributed by atoms with E-state index in [1.807, 2.05) is 20.8 Å². The Kier molecular flexibility index (Phi) is 4.88. The van der Waals surface area contributed by atoms with Crippen LogP contribution in [0.1, 0.15) is 38.7 Å². The van der Waals surface area contributed by atoms with E-state index in [0.717, 1.165) is 22.3 Å². The molecule has 0 aromatic heterocycles. The first kappa shape index (κ1) is 18.2. The molecule has 2 amide bonds. The molecule has 2 aromatic rings. The standard InChI is InChI=1S/C21H21ClN2O2/c1-11-9-12(2)17(13(3)10-11)19-18(14(4)23-21(26)24-19)20(25)15-5-7-16(22)8-6-15/h5-10,18-19H,4H2,1-3H3,(H2,23,24,26)/t18-,19+/m0/s1. The molecule has 0 unspecified atom stereocenters. The lowest BCUT2D eigenvalue weighted by Gasteiger charge is -2.35. The third-order valence-corrected chi connectivity index (χ3v) is 4.98. The number of nitrogens with one attached hydrogen (secondary N) is 2. The van der Waals surface area contributed by atoms with Gasteiger partial charge in [0.05, 0.1) is 12.0 Å². The van der Waals surface area contributed by atoms with Gasteiger partial charge in [-0.25, -0.2) is 4.79 Å². The maximum atomic E-state index is 13.2. The number of amides is 2. The number of benzene rings is 2. The van der Waals surface area contributed by atoms with Crippen LogP contribution in [-0.4, -0.2) is 11.8 Å². The molecule has 0 bridgehead atoms. The molecule has 0 aliphatic carbocycles. The monoisotopic (exact) mass is 368 g/mol. The van der Waals surface area contributed by atoms with Gasteiger partial charge >= 0.3 is 6.03 Å². The zero-order valence-corrected chi connectivity index (χ0v) is 15.8. The minimum atomic E-state index is -0.603. The lowest BCUT2D eigenvalue weighted by Crippen LogP contribution is -2.51. The second-order valence-corrected chi connectivity index (χ2v) is 7.20. The Morgan fingerprint density at radius 1 is 1.08 bits per heavy atom. The summed E-state index contributed by atoms with van der Waals surface area (Å²) in [4.78, 5) is 25.3. The third-order valence-electron chi connectivity index (χ3n) is 4.73. The maximum Gasteiger partial charge on any atom is 0.319 e. The van der Waals surface area contributed by atoms with Gasteiger partial charge in [0.15, 0.2) is 5.78 Å². The minimum absolute atomic E-state index is 0.108. The van der Waals surface area contributed by atoms with E-state index in [9.17, 15) is 9.59 Å². The summed E-state index contributed by atoms with van der Waals surface area (Å²) in [6, 6.07) is 10.1. The molecule has 1 aliphatic rings. The van der Waals surface area contributed by atoms with Crippen molar-refractivity contribution in [3.63, 3.8) is 0 Å². The normalized spacial score (nSPS) is 19.7. The van der Waals surface area contributed by atoms with Gasteiger partial charge in [0, 0.05) is 16.3 Å². The van der Waals surface area contributed by atoms with Crippen LogP contribution in [0.3, 0.4) is 0 Å². The molecule has 1 saturated heterocycles. The average molecular weight is 369 g/mol. The molecule has 2 atom stereocenters. The first-order valence-electron chi connectivity index (χ1n) is 8.41. The van der Waals surface area contributed by atoms with E-state index >= 15 is 0 Å². The van der Waals surface area contributed by atoms with Gasteiger partial charge in [-0.05, 0) is 61.7 Å². The number of hydrogen-bond acceptors (Lipinski definition) is 2. The number of rotatable bonds is 3. The largest absolute Gasteiger partial charge is 0.330 e. The van der Waals surface area contributed by atoms with E-state index in [2.05, 4.69) is 29.3 Å². The van der Waals surface area contributed by atoms with Crippen molar-refractivity contribution in [3.8, 4) is 0 Å². The van der Waals surface area contributed by atoms with Crippen molar-refractivity contribution in [1.29, 1.82) is 0 Å². The highest BCUT2D eigenvalue weighted by atomic mass is 35.5. The molecule has 0 radical (unpaired) electrons. The Morgan fingerprint density at radius 2 is 1.65 bits per heavy atom. The highest BCUT2D eigenvalue weighted by Gasteiger charge is 2.39. The van der Waals surface area contributed by atoms with E-state index in [0.29, 0.717) is 16.3 Å². The van der Waals surface area contributed by atoms with Crippen molar-refractivity contribution >= 4 is 23.4 Å². The number of halogens is 1. The zero-order valence-electron chi connectivity index (χ0n) is 15.0. The molecule has 3 rings (SSSR count). The first-order valence-corrected chi connectivity index (χ1v) is 8.79. The van der Waals surface area contributed by atoms with Gasteiger partial charge in [-0.3, -0.25) is 4.79 Å². The van der Waals surface area contributed by atoms with Gasteiger partial charge in [0.2, 0.25) is 0 Å². The molecule has 0 saturated carbocycles. The Morgan fingerprint density at radius 3 is 2.23 bits per heavy atom. The van der Waals surface area contributed by atoms with Gasteiger partial charge in [-0.2, -0.15) is 0 Å². The van der Waals surface area contributed by atoms with Crippen LogP contribution in [0, 0.1) is 26.7 Å². The molecule has 1 heterocycles. The van der Waals surface area contributed by atoms with Gasteiger partial charge in [0.1, 0.15) is 0 Å². The van der Waals surface area contributed by atoms with Crippen molar-refractivity contribution in [2.24, 2.45) is 5.92 Å². The second kappa shape index (κ2) is 6.96. The second-order valence-electron chi connectivity index (χ2n) is 6.76. The summed E-state index contributed by atoms with van der Waals surface area (Å²) in [5, 5.41) is 6.14. The summed E-state index contributed by atoms with van der Waals surface area (Å²) in [7, 11) is 0. The van der Waals surface area contributed by atoms with Gasteiger partial charge in [0.25, 0.3) is 0 Å². The minimum Gasteiger partial charge on any atom is -0.330 e. The summed E-state index contributed by atoms with van der Waals surface area (Å²) in [6.07, 6.45) is 0. The highest BCUT2D eigenvalue weighted by Crippen LogP contribution is 2.36. The van der Waals surface area contributed by atoms with Crippen LogP contribution in [0.2, 0.25) is 5.02 Å². The molecular weight excluding hydrogens is 348 g/mol. The lowest BCUT2D eigenvalue weighted by atomic mass is 9.80. The summed E-state index contributed by atoms with van der Waals surface area (Å²) in [5.41, 5.74) is 5.11. The average Bonchev–Trinajstić information content (AvgIpc) is 2.53. The van der Waals surface area contributed by atoms with Gasteiger partial charge in [-0.1, -0.05) is 35.9 Å². The molecule has 2 N–H and O–H groups in total. The van der Waals surface area contributed by atoms with Crippen LogP contribution < -0.4 is 10.6 Å². The SMILES string of the molecule is C=C1NC(=O)N[C@H](c2c(C)cc(C)cc2C)[C@H]1C(=O)c1ccc(Cl)cc1. The Balaban J connectivity index is 2.08. The van der Waals surface area contributed by atoms with Crippen molar-refractivity contribution in [2.75, 3.05) is 0 Å². The third kappa shape index (κ3) is 3.37. The summed E-state index contributed by atoms with van der Waals surface area (Å²) in [5.74, 6) is -0.711. The van der Waals surface area contributed by atoms with Crippen LogP contribution in [0.4, 0.5) is 4.79 Å². The molecule has 1 fully saturated rings. The van der Waals surface area contributed by atoms with Crippen LogP contribution >= 0.6 is 11.6 Å². The molecule has 134 valence electrons. The number of carbonyl (C=O) groups excluding carboxylic acids is 2. The van der Waals surface area contributed by atoms with E-state index in [-0.39, 0.29) is 11.8 Å². The number of carbonyl (C=O) groups is 2. The summed E-state index contributed by atoms with van der Waals surface area (Å²) in [6.45, 7) is 9.96. The number of urea groups is 1. The fraction of sp³-hybridized carbons (Fsp3) is 0.238. The Labute approximate surface area is 158 Å². The van der Waals surface area contributed by atoms with Crippen molar-refractivity contribution in [1.82, 2.24) is 10.6 Å². The quantitative estimate of drug-likeness (QED) is 0.776. The topological polar surface area (TPSA) is 58.2 Å². The van der Waals surface area contributed by atoms with Gasteiger partial charge < -0.3 is 10.6 Å². The highest BCUT2D eigenvalue weighted by molar-refractivity contribution is 6.30.